The van der Waals surface area contributed by atoms with Gasteiger partial charge >= 0.3 is 11.9 Å². The van der Waals surface area contributed by atoms with Crippen molar-refractivity contribution in [1.29, 1.82) is 0 Å². The van der Waals surface area contributed by atoms with Crippen molar-refractivity contribution in [3.05, 3.63) is 0 Å². The van der Waals surface area contributed by atoms with Crippen LogP contribution in [-0.4, -0.2) is 87.8 Å². The zero-order valence-corrected chi connectivity index (χ0v) is 18.8. The molecular weight excluding hydrogens is 442 g/mol. The van der Waals surface area contributed by atoms with Gasteiger partial charge in [0.1, 0.15) is 18.1 Å². The van der Waals surface area contributed by atoms with Crippen LogP contribution in [0, 0.1) is 0 Å². The van der Waals surface area contributed by atoms with E-state index in [1.165, 1.54) is 0 Å². The monoisotopic (exact) mass is 475 g/mol. The van der Waals surface area contributed by atoms with Crippen molar-refractivity contribution in [3.8, 4) is 0 Å². The van der Waals surface area contributed by atoms with Crippen LogP contribution in [0.2, 0.25) is 0 Å². The van der Waals surface area contributed by atoms with Gasteiger partial charge in [0.05, 0.1) is 6.04 Å². The van der Waals surface area contributed by atoms with E-state index in [0.717, 1.165) is 4.90 Å². The van der Waals surface area contributed by atoms with Gasteiger partial charge in [-0.25, -0.2) is 4.79 Å². The van der Waals surface area contributed by atoms with Crippen molar-refractivity contribution in [2.75, 3.05) is 18.8 Å². The molecule has 1 fully saturated rings. The fourth-order valence-corrected chi connectivity index (χ4v) is 3.57. The van der Waals surface area contributed by atoms with E-state index in [9.17, 15) is 29.1 Å². The molecule has 0 aliphatic carbocycles. The number of nitrogens with two attached hydrogens (primary N) is 2. The number of carbonyl (C=O) groups excluding carboxylic acids is 3. The van der Waals surface area contributed by atoms with Crippen LogP contribution in [0.3, 0.4) is 0 Å². The molecule has 3 amide bonds. The minimum atomic E-state index is -1.24. The molecule has 8 N–H and O–H groups in total. The second-order valence-corrected chi connectivity index (χ2v) is 8.02. The van der Waals surface area contributed by atoms with Crippen molar-refractivity contribution in [2.24, 2.45) is 11.5 Å². The number of amides is 3. The summed E-state index contributed by atoms with van der Waals surface area (Å²) >= 11 is 3.96. The van der Waals surface area contributed by atoms with Crippen LogP contribution in [0.15, 0.2) is 0 Å². The van der Waals surface area contributed by atoms with Crippen molar-refractivity contribution >= 4 is 42.3 Å². The standard InChI is InChI=1S/C19H33N5O7S/c20-8-2-1-4-12(22-16(27)11(21)10-32)17(28)23-13(6-7-15(25)26)18(29)24-9-3-5-14(24)19(30)31/h11-14,32H,1-10,20-21H2,(H,22,27)(H,23,28)(H,25,26)(H,30,31). The maximum absolute atomic E-state index is 13.0. The minimum Gasteiger partial charge on any atom is -0.481 e. The Morgan fingerprint density at radius 3 is 2.25 bits per heavy atom. The van der Waals surface area contributed by atoms with Crippen LogP contribution in [-0.2, 0) is 24.0 Å². The number of hydrogen-bond donors (Lipinski definition) is 7. The van der Waals surface area contributed by atoms with Gasteiger partial charge in [0, 0.05) is 18.7 Å². The third-order valence-electron chi connectivity index (χ3n) is 5.20. The molecule has 1 heterocycles. The minimum absolute atomic E-state index is 0.0637. The number of carbonyl (C=O) groups is 5. The van der Waals surface area contributed by atoms with Crippen LogP contribution in [0.4, 0.5) is 0 Å². The van der Waals surface area contributed by atoms with E-state index in [-0.39, 0.29) is 31.6 Å². The Hall–Kier alpha value is -2.38. The summed E-state index contributed by atoms with van der Waals surface area (Å²) < 4.78 is 0. The highest BCUT2D eigenvalue weighted by Crippen LogP contribution is 2.20. The molecule has 0 saturated carbocycles. The average molecular weight is 476 g/mol. The number of carboxylic acids is 2. The van der Waals surface area contributed by atoms with E-state index < -0.39 is 60.2 Å². The first kappa shape index (κ1) is 27.7. The second kappa shape index (κ2) is 13.9. The Morgan fingerprint density at radius 2 is 1.69 bits per heavy atom. The molecule has 0 aromatic carbocycles. The van der Waals surface area contributed by atoms with Gasteiger partial charge in [-0.3, -0.25) is 19.2 Å². The molecule has 1 aliphatic heterocycles. The number of likely N-dealkylation sites (tertiary alicyclic amines) is 1. The van der Waals surface area contributed by atoms with Gasteiger partial charge < -0.3 is 37.2 Å². The van der Waals surface area contributed by atoms with Crippen LogP contribution >= 0.6 is 12.6 Å². The molecule has 4 atom stereocenters. The zero-order chi connectivity index (χ0) is 24.3. The van der Waals surface area contributed by atoms with Crippen molar-refractivity contribution < 1.29 is 34.2 Å². The Kier molecular flexibility index (Phi) is 12.0. The summed E-state index contributed by atoms with van der Waals surface area (Å²) in [6.45, 7) is 0.590. The second-order valence-electron chi connectivity index (χ2n) is 7.66. The first-order valence-electron chi connectivity index (χ1n) is 10.5. The fraction of sp³-hybridized carbons (Fsp3) is 0.737. The van der Waals surface area contributed by atoms with Crippen molar-refractivity contribution in [3.63, 3.8) is 0 Å². The molecule has 0 aromatic rings. The lowest BCUT2D eigenvalue weighted by atomic mass is 10.1. The molecule has 0 radical (unpaired) electrons. The number of carboxylic acid groups (broad SMARTS) is 2. The quantitative estimate of drug-likeness (QED) is 0.113. The smallest absolute Gasteiger partial charge is 0.326 e. The van der Waals surface area contributed by atoms with Gasteiger partial charge in [-0.2, -0.15) is 12.6 Å². The summed E-state index contributed by atoms with van der Waals surface area (Å²) in [5.74, 6) is -4.20. The lowest BCUT2D eigenvalue weighted by Gasteiger charge is -2.28. The van der Waals surface area contributed by atoms with Gasteiger partial charge in [-0.1, -0.05) is 0 Å². The first-order valence-corrected chi connectivity index (χ1v) is 11.2. The lowest BCUT2D eigenvalue weighted by molar-refractivity contribution is -0.150. The maximum atomic E-state index is 13.0. The van der Waals surface area contributed by atoms with Gasteiger partial charge in [0.15, 0.2) is 0 Å². The summed E-state index contributed by atoms with van der Waals surface area (Å²) in [5, 5.41) is 23.4. The highest BCUT2D eigenvalue weighted by molar-refractivity contribution is 7.80. The lowest BCUT2D eigenvalue weighted by Crippen LogP contribution is -2.57. The molecule has 1 saturated heterocycles. The molecule has 4 unspecified atom stereocenters. The van der Waals surface area contributed by atoms with Crippen LogP contribution < -0.4 is 22.1 Å². The molecule has 1 rings (SSSR count). The van der Waals surface area contributed by atoms with Gasteiger partial charge in [-0.15, -0.1) is 0 Å². The van der Waals surface area contributed by atoms with Gasteiger partial charge in [0.2, 0.25) is 17.7 Å². The predicted molar refractivity (Wildman–Crippen MR) is 118 cm³/mol. The summed E-state index contributed by atoms with van der Waals surface area (Å²) in [5.41, 5.74) is 11.1. The summed E-state index contributed by atoms with van der Waals surface area (Å²) in [4.78, 5) is 61.7. The van der Waals surface area contributed by atoms with E-state index in [0.29, 0.717) is 25.8 Å². The molecule has 0 bridgehead atoms. The Labute approximate surface area is 191 Å². The number of hydrogen-bond acceptors (Lipinski definition) is 8. The molecule has 0 aromatic heterocycles. The number of unbranched alkanes of at least 4 members (excludes halogenated alkanes) is 1. The summed E-state index contributed by atoms with van der Waals surface area (Å²) in [6, 6.07) is -4.23. The van der Waals surface area contributed by atoms with Gasteiger partial charge in [0.25, 0.3) is 0 Å². The molecule has 32 heavy (non-hydrogen) atoms. The normalized spacial score (nSPS) is 18.5. The maximum Gasteiger partial charge on any atom is 0.326 e. The zero-order valence-electron chi connectivity index (χ0n) is 17.9. The topological polar surface area (TPSA) is 205 Å². The molecule has 12 nitrogen and oxygen atoms in total. The van der Waals surface area contributed by atoms with E-state index in [1.807, 2.05) is 0 Å². The number of nitrogens with one attached hydrogen (secondary N) is 2. The highest BCUT2D eigenvalue weighted by Gasteiger charge is 2.38. The van der Waals surface area contributed by atoms with Crippen molar-refractivity contribution in [1.82, 2.24) is 15.5 Å². The number of thiol groups is 1. The third kappa shape index (κ3) is 8.63. The van der Waals surface area contributed by atoms with Gasteiger partial charge in [-0.05, 0) is 45.1 Å². The predicted octanol–water partition coefficient (Wildman–Crippen LogP) is -1.72. The van der Waals surface area contributed by atoms with Crippen LogP contribution in [0.25, 0.3) is 0 Å². The highest BCUT2D eigenvalue weighted by atomic mass is 32.1. The van der Waals surface area contributed by atoms with E-state index in [2.05, 4.69) is 23.3 Å². The average Bonchev–Trinajstić information content (AvgIpc) is 3.24. The molecule has 1 aliphatic rings. The SMILES string of the molecule is NCCCCC(NC(=O)C(N)CS)C(=O)NC(CCC(=O)O)C(=O)N1CCCC1C(=O)O. The molecular formula is C19H33N5O7S. The van der Waals surface area contributed by atoms with E-state index in [1.54, 1.807) is 0 Å². The molecule has 0 spiro atoms. The van der Waals surface area contributed by atoms with Crippen molar-refractivity contribution in [2.45, 2.75) is 69.1 Å². The third-order valence-corrected chi connectivity index (χ3v) is 5.59. The largest absolute Gasteiger partial charge is 0.481 e. The number of rotatable bonds is 14. The Balaban J connectivity index is 2.99. The first-order chi connectivity index (χ1) is 15.1. The number of aliphatic carboxylic acids is 2. The Bertz CT molecular complexity index is 693. The van der Waals surface area contributed by atoms with Crippen LogP contribution in [0.5, 0.6) is 0 Å². The summed E-state index contributed by atoms with van der Waals surface area (Å²) in [7, 11) is 0. The van der Waals surface area contributed by atoms with Crippen LogP contribution in [0.1, 0.15) is 44.9 Å². The number of nitrogens with zero attached hydrogens (tertiary/aromatic N) is 1. The Morgan fingerprint density at radius 1 is 1.03 bits per heavy atom. The fourth-order valence-electron chi connectivity index (χ4n) is 3.41. The molecule has 182 valence electrons. The van der Waals surface area contributed by atoms with E-state index in [4.69, 9.17) is 16.6 Å². The summed E-state index contributed by atoms with van der Waals surface area (Å²) in [6.07, 6.45) is 1.50. The molecule has 13 heteroatoms. The van der Waals surface area contributed by atoms with E-state index >= 15 is 0 Å².